The number of nitrogens with zero attached hydrogens (tertiary/aromatic N) is 1. The number of benzene rings is 1. The Hall–Kier alpha value is -2.08. The van der Waals surface area contributed by atoms with Crippen LogP contribution in [0.25, 0.3) is 0 Å². The maximum Gasteiger partial charge on any atom is 0.387 e. The number of alkyl halides is 2. The fourth-order valence-electron chi connectivity index (χ4n) is 2.24. The minimum absolute atomic E-state index is 0.274. The molecule has 0 saturated heterocycles. The van der Waals surface area contributed by atoms with Crippen LogP contribution >= 0.6 is 11.6 Å². The fourth-order valence-corrected chi connectivity index (χ4v) is 2.47. The van der Waals surface area contributed by atoms with E-state index in [2.05, 4.69) is 9.72 Å². The van der Waals surface area contributed by atoms with Crippen molar-refractivity contribution in [2.45, 2.75) is 19.1 Å². The van der Waals surface area contributed by atoms with Crippen LogP contribution in [0.4, 0.5) is 8.78 Å². The Morgan fingerprint density at radius 1 is 1.38 bits per heavy atom. The monoisotopic (exact) mass is 313 g/mol. The summed E-state index contributed by atoms with van der Waals surface area (Å²) in [6.07, 6.45) is 3.26. The Kier molecular flexibility index (Phi) is 3.55. The molecule has 1 atom stereocenters. The molecular formula is C14H10ClF2NO3. The van der Waals surface area contributed by atoms with Crippen molar-refractivity contribution in [1.29, 1.82) is 0 Å². The maximum atomic E-state index is 12.1. The van der Waals surface area contributed by atoms with Gasteiger partial charge in [-0.3, -0.25) is 4.98 Å². The van der Waals surface area contributed by atoms with Crippen molar-refractivity contribution >= 4 is 11.6 Å². The molecule has 3 rings (SSSR count). The average Bonchev–Trinajstić information content (AvgIpc) is 2.86. The number of phenolic OH excluding ortho intramolecular Hbond substituents is 1. The number of aromatic hydroxyl groups is 1. The Morgan fingerprint density at radius 2 is 2.19 bits per heavy atom. The predicted octanol–water partition coefficient (Wildman–Crippen LogP) is 3.72. The summed E-state index contributed by atoms with van der Waals surface area (Å²) in [5, 5.41) is 10.2. The first-order valence-electron chi connectivity index (χ1n) is 6.11. The number of phenols is 1. The van der Waals surface area contributed by atoms with Gasteiger partial charge >= 0.3 is 6.61 Å². The van der Waals surface area contributed by atoms with E-state index in [4.69, 9.17) is 16.3 Å². The van der Waals surface area contributed by atoms with Gasteiger partial charge in [0.1, 0.15) is 11.9 Å². The van der Waals surface area contributed by atoms with Crippen molar-refractivity contribution in [2.75, 3.05) is 0 Å². The van der Waals surface area contributed by atoms with Crippen molar-refractivity contribution < 1.29 is 23.4 Å². The third-order valence-corrected chi connectivity index (χ3v) is 3.52. The lowest BCUT2D eigenvalue weighted by atomic mass is 10.0. The third kappa shape index (κ3) is 2.71. The molecule has 0 aliphatic carbocycles. The van der Waals surface area contributed by atoms with Crippen LogP contribution in [-0.4, -0.2) is 16.7 Å². The minimum atomic E-state index is -2.99. The van der Waals surface area contributed by atoms with E-state index in [9.17, 15) is 13.9 Å². The van der Waals surface area contributed by atoms with Gasteiger partial charge in [-0.25, -0.2) is 0 Å². The minimum Gasteiger partial charge on any atom is -0.504 e. The molecule has 1 aromatic carbocycles. The second-order valence-electron chi connectivity index (χ2n) is 4.51. The number of hydrogen-bond acceptors (Lipinski definition) is 4. The van der Waals surface area contributed by atoms with Gasteiger partial charge in [-0.1, -0.05) is 17.7 Å². The number of pyridine rings is 1. The van der Waals surface area contributed by atoms with Gasteiger partial charge < -0.3 is 14.6 Å². The first-order valence-corrected chi connectivity index (χ1v) is 6.49. The Labute approximate surface area is 123 Å². The van der Waals surface area contributed by atoms with E-state index in [0.29, 0.717) is 22.8 Å². The van der Waals surface area contributed by atoms with Crippen LogP contribution in [0, 0.1) is 0 Å². The van der Waals surface area contributed by atoms with Crippen molar-refractivity contribution in [1.82, 2.24) is 4.98 Å². The van der Waals surface area contributed by atoms with Gasteiger partial charge in [-0.15, -0.1) is 0 Å². The molecule has 4 nitrogen and oxygen atoms in total. The van der Waals surface area contributed by atoms with Gasteiger partial charge in [0.15, 0.2) is 11.5 Å². The van der Waals surface area contributed by atoms with E-state index in [1.54, 1.807) is 12.3 Å². The molecule has 21 heavy (non-hydrogen) atoms. The van der Waals surface area contributed by atoms with Crippen LogP contribution in [0.1, 0.15) is 17.2 Å². The van der Waals surface area contributed by atoms with E-state index in [-0.39, 0.29) is 17.6 Å². The highest BCUT2D eigenvalue weighted by molar-refractivity contribution is 6.31. The van der Waals surface area contributed by atoms with Crippen molar-refractivity contribution in [2.24, 2.45) is 0 Å². The zero-order valence-corrected chi connectivity index (χ0v) is 11.3. The highest BCUT2D eigenvalue weighted by Gasteiger charge is 2.27. The quantitative estimate of drug-likeness (QED) is 0.938. The second kappa shape index (κ2) is 5.37. The summed E-state index contributed by atoms with van der Waals surface area (Å²) >= 11 is 6.04. The van der Waals surface area contributed by atoms with E-state index in [0.717, 1.165) is 5.56 Å². The summed E-state index contributed by atoms with van der Waals surface area (Å²) < 4.78 is 34.2. The lowest BCUT2D eigenvalue weighted by Crippen LogP contribution is -2.05. The number of ether oxygens (including phenoxy) is 2. The fraction of sp³-hybridized carbons (Fsp3) is 0.214. The summed E-state index contributed by atoms with van der Waals surface area (Å²) in [7, 11) is 0. The summed E-state index contributed by atoms with van der Waals surface area (Å²) in [5.41, 5.74) is 1.48. The molecule has 1 aromatic heterocycles. The number of aromatic nitrogens is 1. The second-order valence-corrected chi connectivity index (χ2v) is 4.92. The molecule has 2 aromatic rings. The highest BCUT2D eigenvalue weighted by Crippen LogP contribution is 2.41. The zero-order valence-electron chi connectivity index (χ0n) is 10.6. The standard InChI is InChI=1S/C14H10ClF2NO3/c15-9-5-18-6-13-8(9)4-12(20-13)7-1-2-11(10(19)3-7)21-14(16)17/h1-3,5-6,12,14,19H,4H2. The van der Waals surface area contributed by atoms with Crippen LogP contribution in [-0.2, 0) is 6.42 Å². The van der Waals surface area contributed by atoms with E-state index in [1.165, 1.54) is 18.3 Å². The number of halogens is 3. The summed E-state index contributed by atoms with van der Waals surface area (Å²) in [5.74, 6) is -0.0552. The molecule has 1 aliphatic heterocycles. The number of rotatable bonds is 3. The van der Waals surface area contributed by atoms with E-state index < -0.39 is 6.61 Å². The van der Waals surface area contributed by atoms with E-state index >= 15 is 0 Å². The molecule has 1 N–H and O–H groups in total. The topological polar surface area (TPSA) is 51.6 Å². The number of hydrogen-bond donors (Lipinski definition) is 1. The van der Waals surface area contributed by atoms with Gasteiger partial charge in [-0.05, 0) is 17.7 Å². The SMILES string of the molecule is Oc1cc(C2Cc3c(Cl)cncc3O2)ccc1OC(F)F. The van der Waals surface area contributed by atoms with Crippen molar-refractivity contribution in [3.05, 3.63) is 46.7 Å². The third-order valence-electron chi connectivity index (χ3n) is 3.19. The van der Waals surface area contributed by atoms with Gasteiger partial charge in [0.25, 0.3) is 0 Å². The van der Waals surface area contributed by atoms with E-state index in [1.807, 2.05) is 0 Å². The summed E-state index contributed by atoms with van der Waals surface area (Å²) in [6, 6.07) is 4.19. The molecule has 7 heteroatoms. The molecule has 0 fully saturated rings. The van der Waals surface area contributed by atoms with Gasteiger partial charge in [0, 0.05) is 18.2 Å². The summed E-state index contributed by atoms with van der Waals surface area (Å²) in [6.45, 7) is -2.99. The van der Waals surface area contributed by atoms with Gasteiger partial charge in [-0.2, -0.15) is 8.78 Å². The Balaban J connectivity index is 1.84. The molecular weight excluding hydrogens is 304 g/mol. The summed E-state index contributed by atoms with van der Waals surface area (Å²) in [4.78, 5) is 3.94. The first-order chi connectivity index (χ1) is 10.0. The lowest BCUT2D eigenvalue weighted by Gasteiger charge is -2.13. The average molecular weight is 314 g/mol. The van der Waals surface area contributed by atoms with Crippen LogP contribution < -0.4 is 9.47 Å². The molecule has 0 radical (unpaired) electrons. The zero-order chi connectivity index (χ0) is 15.0. The van der Waals surface area contributed by atoms with Crippen LogP contribution in [0.2, 0.25) is 5.02 Å². The predicted molar refractivity (Wildman–Crippen MR) is 71.1 cm³/mol. The molecule has 0 bridgehead atoms. The number of fused-ring (bicyclic) bond motifs is 1. The normalized spacial score (nSPS) is 16.7. The lowest BCUT2D eigenvalue weighted by molar-refractivity contribution is -0.0512. The first kappa shape index (κ1) is 13.9. The van der Waals surface area contributed by atoms with Crippen LogP contribution in [0.3, 0.4) is 0 Å². The maximum absolute atomic E-state index is 12.1. The van der Waals surface area contributed by atoms with Crippen LogP contribution in [0.15, 0.2) is 30.6 Å². The molecule has 1 aliphatic rings. The molecule has 0 saturated carbocycles. The largest absolute Gasteiger partial charge is 0.504 e. The molecule has 1 unspecified atom stereocenters. The van der Waals surface area contributed by atoms with Crippen molar-refractivity contribution in [3.8, 4) is 17.2 Å². The Bertz CT molecular complexity index is 681. The van der Waals surface area contributed by atoms with Gasteiger partial charge in [0.2, 0.25) is 0 Å². The Morgan fingerprint density at radius 3 is 2.86 bits per heavy atom. The smallest absolute Gasteiger partial charge is 0.387 e. The van der Waals surface area contributed by atoms with Crippen molar-refractivity contribution in [3.63, 3.8) is 0 Å². The van der Waals surface area contributed by atoms with Crippen LogP contribution in [0.5, 0.6) is 17.2 Å². The molecule has 0 amide bonds. The van der Waals surface area contributed by atoms with Gasteiger partial charge in [0.05, 0.1) is 11.2 Å². The highest BCUT2D eigenvalue weighted by atomic mass is 35.5. The molecule has 0 spiro atoms. The molecule has 110 valence electrons. The molecule has 2 heterocycles.